The Balaban J connectivity index is 1.28. The number of carbonyl (C=O) groups excluding carboxylic acids is 2. The molecule has 0 spiro atoms. The summed E-state index contributed by atoms with van der Waals surface area (Å²) in [5, 5.41) is 17.3. The van der Waals surface area contributed by atoms with E-state index in [1.165, 1.54) is 48.5 Å². The molecule has 0 bridgehead atoms. The van der Waals surface area contributed by atoms with Crippen molar-refractivity contribution in [3.05, 3.63) is 59.7 Å². The maximum Gasteiger partial charge on any atom is 0.407 e. The number of unbranched alkanes of at least 4 members (excludes halogenated alkanes) is 6. The van der Waals surface area contributed by atoms with E-state index in [2.05, 4.69) is 22.5 Å². The third-order valence-electron chi connectivity index (χ3n) is 9.95. The molecule has 2 amide bonds. The number of carbonyl (C=O) groups is 2. The number of nitrogens with zero attached hydrogens (tertiary/aromatic N) is 2. The van der Waals surface area contributed by atoms with Gasteiger partial charge in [0.05, 0.1) is 36.2 Å². The molecule has 3 aliphatic heterocycles. The molecule has 12 nitrogen and oxygen atoms in total. The van der Waals surface area contributed by atoms with Gasteiger partial charge in [0.1, 0.15) is 12.0 Å². The molecule has 0 aromatic heterocycles. The van der Waals surface area contributed by atoms with Crippen LogP contribution in [0.4, 0.5) is 10.5 Å². The fourth-order valence-corrected chi connectivity index (χ4v) is 8.75. The molecule has 2 saturated heterocycles. The third kappa shape index (κ3) is 10.6. The number of hydrogen-bond donors (Lipinski definition) is 3. The second kappa shape index (κ2) is 19.1. The SMILES string of the molecule is CCCCCCCCCN=CC1C(=O)Nc2ccc(S(=O)(=O)N(CC(C)C)CC(O)C(Cc3ccccc3)NC(=O)OC3COC4OCCC34)cc21. The molecule has 0 aliphatic carbocycles. The summed E-state index contributed by atoms with van der Waals surface area (Å²) in [6.07, 6.45) is 7.89. The zero-order valence-electron chi connectivity index (χ0n) is 30.7. The summed E-state index contributed by atoms with van der Waals surface area (Å²) in [6, 6.07) is 13.1. The van der Waals surface area contributed by atoms with Gasteiger partial charge in [-0.05, 0) is 54.5 Å². The fourth-order valence-electron chi connectivity index (χ4n) is 7.10. The Morgan fingerprint density at radius 2 is 1.83 bits per heavy atom. The molecule has 6 atom stereocenters. The van der Waals surface area contributed by atoms with Crippen molar-refractivity contribution in [2.24, 2.45) is 16.8 Å². The highest BCUT2D eigenvalue weighted by atomic mass is 32.2. The van der Waals surface area contributed by atoms with Crippen LogP contribution in [0.1, 0.15) is 89.2 Å². The van der Waals surface area contributed by atoms with Gasteiger partial charge < -0.3 is 30.0 Å². The Morgan fingerprint density at radius 1 is 1.08 bits per heavy atom. The number of ether oxygens (including phenoxy) is 3. The van der Waals surface area contributed by atoms with Crippen molar-refractivity contribution < 1.29 is 37.3 Å². The average molecular weight is 741 g/mol. The highest BCUT2D eigenvalue weighted by Gasteiger charge is 2.44. The van der Waals surface area contributed by atoms with Crippen LogP contribution >= 0.6 is 0 Å². The third-order valence-corrected chi connectivity index (χ3v) is 11.8. The number of sulfonamides is 1. The first-order valence-corrected chi connectivity index (χ1v) is 20.4. The summed E-state index contributed by atoms with van der Waals surface area (Å²) in [7, 11) is -4.14. The van der Waals surface area contributed by atoms with Crippen LogP contribution in [-0.2, 0) is 35.4 Å². The Hall–Kier alpha value is -3.36. The zero-order valence-corrected chi connectivity index (χ0v) is 31.6. The number of aliphatic hydroxyl groups is 1. The van der Waals surface area contributed by atoms with E-state index in [0.29, 0.717) is 24.4 Å². The Labute approximate surface area is 308 Å². The lowest BCUT2D eigenvalue weighted by Crippen LogP contribution is -2.51. The number of amides is 2. The van der Waals surface area contributed by atoms with E-state index in [-0.39, 0.29) is 55.0 Å². The molecule has 2 aromatic carbocycles. The molecule has 0 radical (unpaired) electrons. The minimum atomic E-state index is -4.14. The molecule has 2 fully saturated rings. The molecule has 13 heteroatoms. The summed E-state index contributed by atoms with van der Waals surface area (Å²) in [6.45, 7) is 7.23. The minimum absolute atomic E-state index is 0.0163. The van der Waals surface area contributed by atoms with Crippen LogP contribution in [-0.4, -0.2) is 93.4 Å². The molecule has 3 aliphatic rings. The highest BCUT2D eigenvalue weighted by molar-refractivity contribution is 7.89. The molecule has 2 aromatic rings. The van der Waals surface area contributed by atoms with Gasteiger partial charge in [-0.2, -0.15) is 4.31 Å². The first-order valence-electron chi connectivity index (χ1n) is 18.9. The lowest BCUT2D eigenvalue weighted by molar-refractivity contribution is -0.115. The van der Waals surface area contributed by atoms with E-state index < -0.39 is 40.3 Å². The molecule has 3 N–H and O–H groups in total. The molecule has 6 unspecified atom stereocenters. The Bertz CT molecular complexity index is 1600. The number of aliphatic hydroxyl groups excluding tert-OH is 1. The van der Waals surface area contributed by atoms with Gasteiger partial charge in [-0.25, -0.2) is 13.2 Å². The van der Waals surface area contributed by atoms with Gasteiger partial charge in [-0.15, -0.1) is 0 Å². The summed E-state index contributed by atoms with van der Waals surface area (Å²) < 4.78 is 46.7. The van der Waals surface area contributed by atoms with Gasteiger partial charge in [0.2, 0.25) is 15.9 Å². The van der Waals surface area contributed by atoms with E-state index in [1.54, 1.807) is 12.3 Å². The highest BCUT2D eigenvalue weighted by Crippen LogP contribution is 2.35. The van der Waals surface area contributed by atoms with Crippen LogP contribution in [0.25, 0.3) is 0 Å². The van der Waals surface area contributed by atoms with Crippen molar-refractivity contribution >= 4 is 33.9 Å². The van der Waals surface area contributed by atoms with Gasteiger partial charge in [0, 0.05) is 31.5 Å². The number of alkyl carbamates (subject to hydrolysis) is 1. The maximum absolute atomic E-state index is 14.3. The van der Waals surface area contributed by atoms with Crippen molar-refractivity contribution in [1.29, 1.82) is 0 Å². The molecular weight excluding hydrogens is 685 g/mol. The first kappa shape index (κ1) is 39.8. The molecule has 286 valence electrons. The van der Waals surface area contributed by atoms with Gasteiger partial charge in [-0.1, -0.05) is 89.6 Å². The topological polar surface area (TPSA) is 156 Å². The van der Waals surface area contributed by atoms with Crippen molar-refractivity contribution in [1.82, 2.24) is 9.62 Å². The van der Waals surface area contributed by atoms with Crippen LogP contribution in [0.15, 0.2) is 58.4 Å². The number of benzene rings is 2. The first-order chi connectivity index (χ1) is 25.1. The quantitative estimate of drug-likeness (QED) is 0.116. The largest absolute Gasteiger partial charge is 0.443 e. The van der Waals surface area contributed by atoms with E-state index in [4.69, 9.17) is 14.2 Å². The Kier molecular flexibility index (Phi) is 14.6. The van der Waals surface area contributed by atoms with E-state index in [0.717, 1.165) is 24.8 Å². The van der Waals surface area contributed by atoms with Crippen LogP contribution in [0.2, 0.25) is 0 Å². The molecular formula is C39H56N4O8S. The normalized spacial score (nSPS) is 22.5. The van der Waals surface area contributed by atoms with Crippen molar-refractivity contribution in [2.75, 3.05) is 38.2 Å². The number of fused-ring (bicyclic) bond motifs is 2. The zero-order chi connectivity index (χ0) is 37.1. The molecule has 5 rings (SSSR count). The number of aliphatic imine (C=N–C) groups is 1. The number of nitrogens with one attached hydrogen (secondary N) is 2. The van der Waals surface area contributed by atoms with Gasteiger partial charge in [0.25, 0.3) is 0 Å². The lowest BCUT2D eigenvalue weighted by atomic mass is 10.0. The Morgan fingerprint density at radius 3 is 2.58 bits per heavy atom. The van der Waals surface area contributed by atoms with Crippen LogP contribution in [0, 0.1) is 11.8 Å². The molecule has 3 heterocycles. The fraction of sp³-hybridized carbons (Fsp3) is 0.615. The second-order valence-electron chi connectivity index (χ2n) is 14.6. The number of rotatable bonds is 20. The van der Waals surface area contributed by atoms with Crippen molar-refractivity contribution in [2.45, 2.75) is 114 Å². The van der Waals surface area contributed by atoms with Crippen LogP contribution < -0.4 is 10.6 Å². The minimum Gasteiger partial charge on any atom is -0.443 e. The molecule has 52 heavy (non-hydrogen) atoms. The van der Waals surface area contributed by atoms with Crippen molar-refractivity contribution in [3.63, 3.8) is 0 Å². The predicted molar refractivity (Wildman–Crippen MR) is 200 cm³/mol. The van der Waals surface area contributed by atoms with E-state index >= 15 is 0 Å². The maximum atomic E-state index is 14.3. The lowest BCUT2D eigenvalue weighted by Gasteiger charge is -2.31. The van der Waals surface area contributed by atoms with Gasteiger partial charge in [0.15, 0.2) is 6.29 Å². The summed E-state index contributed by atoms with van der Waals surface area (Å²) in [5.41, 5.74) is 1.96. The van der Waals surface area contributed by atoms with E-state index in [9.17, 15) is 23.1 Å². The van der Waals surface area contributed by atoms with Crippen LogP contribution in [0.3, 0.4) is 0 Å². The number of hydrogen-bond acceptors (Lipinski definition) is 9. The standard InChI is InChI=1S/C39H56N4O8S/c1-4-5-6-7-8-9-13-19-40-23-32-31-22-29(16-17-33(31)41-37(32)45)52(47,48)43(24-27(2)3)25-35(44)34(21-28-14-11-10-12-15-28)42-39(46)51-36-26-50-38-30(36)18-20-49-38/h10-12,14-17,22-23,27,30,32,34-36,38,44H,4-9,13,18-21,24-26H2,1-3H3,(H,41,45)(H,42,46). The summed E-state index contributed by atoms with van der Waals surface area (Å²) >= 11 is 0. The monoisotopic (exact) mass is 740 g/mol. The average Bonchev–Trinajstić information content (AvgIpc) is 3.82. The molecule has 0 saturated carbocycles. The smallest absolute Gasteiger partial charge is 0.407 e. The summed E-state index contributed by atoms with van der Waals surface area (Å²) in [4.78, 5) is 30.7. The second-order valence-corrected chi connectivity index (χ2v) is 16.5. The van der Waals surface area contributed by atoms with Crippen molar-refractivity contribution in [3.8, 4) is 0 Å². The van der Waals surface area contributed by atoms with Crippen LogP contribution in [0.5, 0.6) is 0 Å². The number of anilines is 1. The van der Waals surface area contributed by atoms with Gasteiger partial charge >= 0.3 is 6.09 Å². The summed E-state index contributed by atoms with van der Waals surface area (Å²) in [5.74, 6) is -1.06. The predicted octanol–water partition coefficient (Wildman–Crippen LogP) is 5.65. The van der Waals surface area contributed by atoms with E-state index in [1.807, 2.05) is 44.2 Å². The van der Waals surface area contributed by atoms with Gasteiger partial charge in [-0.3, -0.25) is 9.79 Å².